The Morgan fingerprint density at radius 1 is 1.06 bits per heavy atom. The van der Waals surface area contributed by atoms with E-state index in [1.165, 1.54) is 12.0 Å². The molecule has 0 saturated heterocycles. The molecule has 2 aromatic carbocycles. The SMILES string of the molecule is COc1ccc([C@@H](C(=O)NC2CCCCC2)N(CCc2ccc(C)cc2)C(=O)CCl)cc1. The Bertz CT molecular complexity index is 877. The highest BCUT2D eigenvalue weighted by Crippen LogP contribution is 2.26. The number of nitrogens with one attached hydrogen (secondary N) is 1. The van der Waals surface area contributed by atoms with E-state index < -0.39 is 6.04 Å². The lowest BCUT2D eigenvalue weighted by Crippen LogP contribution is -2.48. The van der Waals surface area contributed by atoms with Crippen LogP contribution in [0.25, 0.3) is 0 Å². The topological polar surface area (TPSA) is 58.6 Å². The lowest BCUT2D eigenvalue weighted by atomic mass is 9.94. The molecule has 32 heavy (non-hydrogen) atoms. The first kappa shape index (κ1) is 24.1. The summed E-state index contributed by atoms with van der Waals surface area (Å²) in [6, 6.07) is 15.0. The molecule has 0 radical (unpaired) electrons. The number of amides is 2. The molecule has 3 rings (SSSR count). The van der Waals surface area contributed by atoms with Crippen LogP contribution in [0.15, 0.2) is 48.5 Å². The van der Waals surface area contributed by atoms with Gasteiger partial charge in [-0.15, -0.1) is 11.6 Å². The van der Waals surface area contributed by atoms with Gasteiger partial charge in [-0.05, 0) is 49.4 Å². The number of hydrogen-bond donors (Lipinski definition) is 1. The van der Waals surface area contributed by atoms with Crippen LogP contribution in [0.1, 0.15) is 54.8 Å². The smallest absolute Gasteiger partial charge is 0.247 e. The average Bonchev–Trinajstić information content (AvgIpc) is 2.83. The number of methoxy groups -OCH3 is 1. The second-order valence-electron chi connectivity index (χ2n) is 8.48. The second-order valence-corrected chi connectivity index (χ2v) is 8.74. The van der Waals surface area contributed by atoms with E-state index in [9.17, 15) is 9.59 Å². The molecule has 0 spiro atoms. The summed E-state index contributed by atoms with van der Waals surface area (Å²) in [7, 11) is 1.60. The van der Waals surface area contributed by atoms with Crippen molar-refractivity contribution in [2.75, 3.05) is 19.5 Å². The van der Waals surface area contributed by atoms with E-state index in [0.717, 1.165) is 36.8 Å². The van der Waals surface area contributed by atoms with Crippen molar-refractivity contribution in [2.24, 2.45) is 0 Å². The maximum Gasteiger partial charge on any atom is 0.247 e. The first-order valence-corrected chi connectivity index (χ1v) is 11.9. The summed E-state index contributed by atoms with van der Waals surface area (Å²) >= 11 is 5.98. The molecule has 0 bridgehead atoms. The summed E-state index contributed by atoms with van der Waals surface area (Å²) in [6.07, 6.45) is 6.06. The number of rotatable bonds is 9. The third-order valence-corrected chi connectivity index (χ3v) is 6.37. The van der Waals surface area contributed by atoms with E-state index in [1.54, 1.807) is 12.0 Å². The molecule has 0 unspecified atom stereocenters. The molecule has 0 aromatic heterocycles. The molecule has 1 saturated carbocycles. The molecule has 1 atom stereocenters. The fourth-order valence-electron chi connectivity index (χ4n) is 4.26. The zero-order valence-corrected chi connectivity index (χ0v) is 19.7. The Balaban J connectivity index is 1.87. The van der Waals surface area contributed by atoms with Crippen molar-refractivity contribution in [3.8, 4) is 5.75 Å². The minimum absolute atomic E-state index is 0.149. The van der Waals surface area contributed by atoms with Crippen molar-refractivity contribution in [3.63, 3.8) is 0 Å². The molecular weight excluding hydrogens is 424 g/mol. The number of aryl methyl sites for hydroxylation is 1. The van der Waals surface area contributed by atoms with E-state index >= 15 is 0 Å². The molecule has 2 aromatic rings. The third kappa shape index (κ3) is 6.49. The van der Waals surface area contributed by atoms with E-state index in [2.05, 4.69) is 29.6 Å². The maximum absolute atomic E-state index is 13.5. The Morgan fingerprint density at radius 2 is 1.72 bits per heavy atom. The summed E-state index contributed by atoms with van der Waals surface area (Å²) < 4.78 is 5.27. The van der Waals surface area contributed by atoms with Crippen LogP contribution in [0.2, 0.25) is 0 Å². The Morgan fingerprint density at radius 3 is 2.31 bits per heavy atom. The van der Waals surface area contributed by atoms with Gasteiger partial charge in [-0.1, -0.05) is 61.2 Å². The van der Waals surface area contributed by atoms with E-state index in [4.69, 9.17) is 16.3 Å². The van der Waals surface area contributed by atoms with Crippen LogP contribution >= 0.6 is 11.6 Å². The highest BCUT2D eigenvalue weighted by Gasteiger charge is 2.32. The Labute approximate surface area is 196 Å². The number of benzene rings is 2. The van der Waals surface area contributed by atoms with Gasteiger partial charge in [0.1, 0.15) is 17.7 Å². The van der Waals surface area contributed by atoms with Crippen LogP contribution in [-0.4, -0.2) is 42.3 Å². The van der Waals surface area contributed by atoms with Gasteiger partial charge >= 0.3 is 0 Å². The van der Waals surface area contributed by atoms with Gasteiger partial charge in [0.15, 0.2) is 0 Å². The molecule has 172 valence electrons. The molecule has 1 N–H and O–H groups in total. The van der Waals surface area contributed by atoms with E-state index in [-0.39, 0.29) is 23.7 Å². The third-order valence-electron chi connectivity index (χ3n) is 6.14. The monoisotopic (exact) mass is 456 g/mol. The quantitative estimate of drug-likeness (QED) is 0.551. The van der Waals surface area contributed by atoms with Crippen molar-refractivity contribution in [3.05, 3.63) is 65.2 Å². The summed E-state index contributed by atoms with van der Waals surface area (Å²) in [5, 5.41) is 3.20. The van der Waals surface area contributed by atoms with E-state index in [0.29, 0.717) is 18.7 Å². The minimum atomic E-state index is -0.737. The zero-order chi connectivity index (χ0) is 22.9. The van der Waals surface area contributed by atoms with Crippen molar-refractivity contribution >= 4 is 23.4 Å². The van der Waals surface area contributed by atoms with Gasteiger partial charge < -0.3 is 15.0 Å². The predicted octanol–water partition coefficient (Wildman–Crippen LogP) is 4.80. The number of carbonyl (C=O) groups excluding carboxylic acids is 2. The number of ether oxygens (including phenoxy) is 1. The maximum atomic E-state index is 13.5. The second kappa shape index (κ2) is 11.9. The van der Waals surface area contributed by atoms with Crippen LogP contribution in [-0.2, 0) is 16.0 Å². The standard InChI is InChI=1S/C26H33ClN2O3/c1-19-8-10-20(11-9-19)16-17-29(24(30)18-27)25(21-12-14-23(32-2)15-13-21)26(31)28-22-6-4-3-5-7-22/h8-15,22,25H,3-7,16-18H2,1-2H3,(H,28,31)/t25-/m0/s1. The molecular formula is C26H33ClN2O3. The number of nitrogens with zero attached hydrogens (tertiary/aromatic N) is 1. The van der Waals surface area contributed by atoms with Crippen LogP contribution in [0, 0.1) is 6.92 Å². The van der Waals surface area contributed by atoms with Gasteiger partial charge in [0.25, 0.3) is 0 Å². The number of halogens is 1. The van der Waals surface area contributed by atoms with Gasteiger partial charge in [0, 0.05) is 12.6 Å². The largest absolute Gasteiger partial charge is 0.497 e. The molecule has 2 amide bonds. The minimum Gasteiger partial charge on any atom is -0.497 e. The van der Waals surface area contributed by atoms with Crippen LogP contribution in [0.5, 0.6) is 5.75 Å². The van der Waals surface area contributed by atoms with Crippen molar-refractivity contribution in [1.82, 2.24) is 10.2 Å². The molecule has 1 aliphatic rings. The first-order chi connectivity index (χ1) is 15.5. The summed E-state index contributed by atoms with van der Waals surface area (Å²) in [6.45, 7) is 2.45. The van der Waals surface area contributed by atoms with Crippen LogP contribution in [0.4, 0.5) is 0 Å². The molecule has 1 aliphatic carbocycles. The lowest BCUT2D eigenvalue weighted by molar-refractivity contribution is -0.139. The number of carbonyl (C=O) groups is 2. The molecule has 0 aliphatic heterocycles. The molecule has 6 heteroatoms. The van der Waals surface area contributed by atoms with Crippen LogP contribution in [0.3, 0.4) is 0 Å². The Kier molecular flexibility index (Phi) is 8.98. The van der Waals surface area contributed by atoms with Gasteiger partial charge in [0.2, 0.25) is 11.8 Å². The van der Waals surface area contributed by atoms with Gasteiger partial charge in [-0.2, -0.15) is 0 Å². The summed E-state index contributed by atoms with van der Waals surface area (Å²) in [4.78, 5) is 28.0. The van der Waals surface area contributed by atoms with Crippen LogP contribution < -0.4 is 10.1 Å². The fraction of sp³-hybridized carbons (Fsp3) is 0.462. The number of hydrogen-bond acceptors (Lipinski definition) is 3. The van der Waals surface area contributed by atoms with Gasteiger partial charge in [-0.3, -0.25) is 9.59 Å². The van der Waals surface area contributed by atoms with Gasteiger partial charge in [0.05, 0.1) is 7.11 Å². The fourth-order valence-corrected chi connectivity index (χ4v) is 4.42. The summed E-state index contributed by atoms with van der Waals surface area (Å²) in [5.41, 5.74) is 3.05. The van der Waals surface area contributed by atoms with Gasteiger partial charge in [-0.25, -0.2) is 0 Å². The zero-order valence-electron chi connectivity index (χ0n) is 19.0. The Hall–Kier alpha value is -2.53. The molecule has 1 fully saturated rings. The van der Waals surface area contributed by atoms with Crippen molar-refractivity contribution in [2.45, 2.75) is 57.5 Å². The first-order valence-electron chi connectivity index (χ1n) is 11.4. The highest BCUT2D eigenvalue weighted by atomic mass is 35.5. The van der Waals surface area contributed by atoms with Crippen molar-refractivity contribution in [1.29, 1.82) is 0 Å². The average molecular weight is 457 g/mol. The molecule has 5 nitrogen and oxygen atoms in total. The summed E-state index contributed by atoms with van der Waals surface area (Å²) in [5.74, 6) is 0.134. The highest BCUT2D eigenvalue weighted by molar-refractivity contribution is 6.27. The lowest BCUT2D eigenvalue weighted by Gasteiger charge is -2.33. The normalized spacial score (nSPS) is 15.1. The number of alkyl halides is 1. The predicted molar refractivity (Wildman–Crippen MR) is 128 cm³/mol. The van der Waals surface area contributed by atoms with Crippen molar-refractivity contribution < 1.29 is 14.3 Å². The molecule has 0 heterocycles. The van der Waals surface area contributed by atoms with E-state index in [1.807, 2.05) is 31.2 Å².